The Hall–Kier alpha value is -3.13. The first-order chi connectivity index (χ1) is 12.9. The Morgan fingerprint density at radius 3 is 2.74 bits per heavy atom. The molecule has 11 heteroatoms. The first-order valence-corrected chi connectivity index (χ1v) is 8.00. The molecule has 1 fully saturated rings. The van der Waals surface area contributed by atoms with Gasteiger partial charge in [-0.05, 0) is 18.2 Å². The zero-order chi connectivity index (χ0) is 19.4. The van der Waals surface area contributed by atoms with Crippen LogP contribution < -0.4 is 10.2 Å². The highest BCUT2D eigenvalue weighted by atomic mass is 19.4. The van der Waals surface area contributed by atoms with Crippen LogP contribution >= 0.6 is 0 Å². The SMILES string of the molecule is N#Cc1nncn1CC(=O)Nc1cc(C(F)(F)F)ccc1N1CCOCC1. The number of carbonyl (C=O) groups is 1. The number of hydrogen-bond acceptors (Lipinski definition) is 6. The van der Waals surface area contributed by atoms with Crippen molar-refractivity contribution in [1.29, 1.82) is 5.26 Å². The summed E-state index contributed by atoms with van der Waals surface area (Å²) >= 11 is 0. The third kappa shape index (κ3) is 4.35. The molecule has 0 spiro atoms. The van der Waals surface area contributed by atoms with Crippen LogP contribution in [0.15, 0.2) is 24.5 Å². The molecule has 0 atom stereocenters. The standard InChI is InChI=1S/C16H15F3N6O2/c17-16(18,19)11-1-2-13(24-3-5-27-6-4-24)12(7-11)22-15(26)9-25-10-21-23-14(25)8-20/h1-2,7,10H,3-6,9H2,(H,22,26). The molecule has 0 aliphatic carbocycles. The summed E-state index contributed by atoms with van der Waals surface area (Å²) in [6.45, 7) is 1.59. The second kappa shape index (κ2) is 7.63. The summed E-state index contributed by atoms with van der Waals surface area (Å²) in [5.74, 6) is -0.664. The summed E-state index contributed by atoms with van der Waals surface area (Å²) in [5.41, 5.74) is -0.343. The molecule has 2 heterocycles. The number of amides is 1. The molecule has 1 saturated heterocycles. The quantitative estimate of drug-likeness (QED) is 0.866. The van der Waals surface area contributed by atoms with Crippen molar-refractivity contribution < 1.29 is 22.7 Å². The van der Waals surface area contributed by atoms with Crippen LogP contribution in [0.1, 0.15) is 11.4 Å². The summed E-state index contributed by atoms with van der Waals surface area (Å²) in [6, 6.07) is 4.99. The van der Waals surface area contributed by atoms with Crippen molar-refractivity contribution in [2.45, 2.75) is 12.7 Å². The van der Waals surface area contributed by atoms with E-state index in [4.69, 9.17) is 10.00 Å². The van der Waals surface area contributed by atoms with Crippen LogP contribution in [0.25, 0.3) is 0 Å². The summed E-state index contributed by atoms with van der Waals surface area (Å²) in [6.07, 6.45) is -3.33. The minimum atomic E-state index is -4.54. The highest BCUT2D eigenvalue weighted by molar-refractivity contribution is 5.94. The van der Waals surface area contributed by atoms with E-state index in [0.29, 0.717) is 32.0 Å². The first kappa shape index (κ1) is 18.7. The summed E-state index contributed by atoms with van der Waals surface area (Å²) in [4.78, 5) is 14.2. The fraction of sp³-hybridized carbons (Fsp3) is 0.375. The molecular formula is C16H15F3N6O2. The molecule has 1 aliphatic heterocycles. The molecule has 1 amide bonds. The van der Waals surface area contributed by atoms with Crippen molar-refractivity contribution in [3.63, 3.8) is 0 Å². The first-order valence-electron chi connectivity index (χ1n) is 8.00. The predicted molar refractivity (Wildman–Crippen MR) is 87.8 cm³/mol. The lowest BCUT2D eigenvalue weighted by molar-refractivity contribution is -0.137. The molecule has 1 aromatic heterocycles. The van der Waals surface area contributed by atoms with Gasteiger partial charge in [0.05, 0.1) is 30.2 Å². The van der Waals surface area contributed by atoms with Crippen LogP contribution in [0.3, 0.4) is 0 Å². The smallest absolute Gasteiger partial charge is 0.378 e. The van der Waals surface area contributed by atoms with Gasteiger partial charge in [0.2, 0.25) is 11.7 Å². The number of ether oxygens (including phenoxy) is 1. The van der Waals surface area contributed by atoms with E-state index in [1.165, 1.54) is 17.0 Å². The third-order valence-electron chi connectivity index (χ3n) is 3.98. The molecule has 0 unspecified atom stereocenters. The van der Waals surface area contributed by atoms with E-state index in [2.05, 4.69) is 15.5 Å². The van der Waals surface area contributed by atoms with Crippen molar-refractivity contribution in [2.75, 3.05) is 36.5 Å². The molecule has 27 heavy (non-hydrogen) atoms. The van der Waals surface area contributed by atoms with E-state index in [0.717, 1.165) is 12.1 Å². The number of hydrogen-bond donors (Lipinski definition) is 1. The number of aromatic nitrogens is 3. The molecule has 0 radical (unpaired) electrons. The van der Waals surface area contributed by atoms with Gasteiger partial charge in [0, 0.05) is 13.1 Å². The largest absolute Gasteiger partial charge is 0.416 e. The highest BCUT2D eigenvalue weighted by Crippen LogP contribution is 2.35. The number of benzene rings is 1. The average Bonchev–Trinajstić information content (AvgIpc) is 3.08. The van der Waals surface area contributed by atoms with Crippen LogP contribution in [0.2, 0.25) is 0 Å². The third-order valence-corrected chi connectivity index (χ3v) is 3.98. The minimum Gasteiger partial charge on any atom is -0.378 e. The Kier molecular flexibility index (Phi) is 5.27. The van der Waals surface area contributed by atoms with Crippen molar-refractivity contribution in [3.05, 3.63) is 35.9 Å². The van der Waals surface area contributed by atoms with Gasteiger partial charge in [-0.25, -0.2) is 0 Å². The van der Waals surface area contributed by atoms with Gasteiger partial charge >= 0.3 is 6.18 Å². The van der Waals surface area contributed by atoms with Crippen molar-refractivity contribution in [1.82, 2.24) is 14.8 Å². The maximum absolute atomic E-state index is 13.1. The second-order valence-electron chi connectivity index (χ2n) is 5.77. The Morgan fingerprint density at radius 1 is 1.33 bits per heavy atom. The van der Waals surface area contributed by atoms with Crippen LogP contribution in [-0.4, -0.2) is 47.0 Å². The topological polar surface area (TPSA) is 96.1 Å². The molecular weight excluding hydrogens is 365 g/mol. The maximum atomic E-state index is 13.1. The lowest BCUT2D eigenvalue weighted by Gasteiger charge is -2.31. The predicted octanol–water partition coefficient (Wildman–Crippen LogP) is 1.64. The number of rotatable bonds is 4. The Labute approximate surface area is 152 Å². The highest BCUT2D eigenvalue weighted by Gasteiger charge is 2.32. The summed E-state index contributed by atoms with van der Waals surface area (Å²) < 4.78 is 45.7. The normalized spacial score (nSPS) is 14.7. The lowest BCUT2D eigenvalue weighted by Crippen LogP contribution is -2.37. The summed E-state index contributed by atoms with van der Waals surface area (Å²) in [5, 5.41) is 18.5. The van der Waals surface area contributed by atoms with Crippen LogP contribution in [0.4, 0.5) is 24.5 Å². The van der Waals surface area contributed by atoms with Gasteiger partial charge in [0.15, 0.2) is 0 Å². The number of nitrogens with one attached hydrogen (secondary N) is 1. The van der Waals surface area contributed by atoms with Crippen LogP contribution in [0, 0.1) is 11.3 Å². The molecule has 1 N–H and O–H groups in total. The fourth-order valence-corrected chi connectivity index (χ4v) is 2.69. The van der Waals surface area contributed by atoms with Gasteiger partial charge in [-0.2, -0.15) is 18.4 Å². The molecule has 0 saturated carbocycles. The number of nitrogens with zero attached hydrogens (tertiary/aromatic N) is 5. The molecule has 142 valence electrons. The number of anilines is 2. The monoisotopic (exact) mass is 380 g/mol. The Morgan fingerprint density at radius 2 is 2.07 bits per heavy atom. The number of carbonyl (C=O) groups excluding carboxylic acids is 1. The van der Waals surface area contributed by atoms with Crippen molar-refractivity contribution in [3.8, 4) is 6.07 Å². The van der Waals surface area contributed by atoms with E-state index >= 15 is 0 Å². The molecule has 2 aromatic rings. The van der Waals surface area contributed by atoms with E-state index in [1.807, 2.05) is 4.90 Å². The molecule has 1 aromatic carbocycles. The van der Waals surface area contributed by atoms with Gasteiger partial charge in [0.1, 0.15) is 18.9 Å². The van der Waals surface area contributed by atoms with E-state index in [1.54, 1.807) is 6.07 Å². The van der Waals surface area contributed by atoms with E-state index in [-0.39, 0.29) is 18.1 Å². The maximum Gasteiger partial charge on any atom is 0.416 e. The van der Waals surface area contributed by atoms with Crippen molar-refractivity contribution in [2.24, 2.45) is 0 Å². The van der Waals surface area contributed by atoms with E-state index in [9.17, 15) is 18.0 Å². The van der Waals surface area contributed by atoms with Crippen molar-refractivity contribution >= 4 is 17.3 Å². The summed E-state index contributed by atoms with van der Waals surface area (Å²) in [7, 11) is 0. The van der Waals surface area contributed by atoms with E-state index < -0.39 is 17.6 Å². The molecule has 1 aliphatic rings. The van der Waals surface area contributed by atoms with Gasteiger partial charge in [0.25, 0.3) is 0 Å². The molecule has 0 bridgehead atoms. The van der Waals surface area contributed by atoms with Gasteiger partial charge in [-0.1, -0.05) is 0 Å². The Bertz CT molecular complexity index is 868. The zero-order valence-electron chi connectivity index (χ0n) is 14.0. The number of alkyl halides is 3. The lowest BCUT2D eigenvalue weighted by atomic mass is 10.1. The van der Waals surface area contributed by atoms with Gasteiger partial charge in [-0.15, -0.1) is 10.2 Å². The number of halogens is 3. The minimum absolute atomic E-state index is 0.0447. The van der Waals surface area contributed by atoms with Crippen LogP contribution in [0.5, 0.6) is 0 Å². The Balaban J connectivity index is 1.86. The van der Waals surface area contributed by atoms with Gasteiger partial charge in [-0.3, -0.25) is 9.36 Å². The molecule has 3 rings (SSSR count). The zero-order valence-corrected chi connectivity index (χ0v) is 14.0. The molecule has 8 nitrogen and oxygen atoms in total. The fourth-order valence-electron chi connectivity index (χ4n) is 2.69. The van der Waals surface area contributed by atoms with Gasteiger partial charge < -0.3 is 15.0 Å². The second-order valence-corrected chi connectivity index (χ2v) is 5.77. The van der Waals surface area contributed by atoms with Crippen LogP contribution in [-0.2, 0) is 22.3 Å². The number of nitriles is 1. The average molecular weight is 380 g/mol. The number of morpholine rings is 1.